The van der Waals surface area contributed by atoms with Crippen LogP contribution in [0.15, 0.2) is 146 Å². The molecule has 1 radical (unpaired) electrons. The van der Waals surface area contributed by atoms with Crippen molar-refractivity contribution in [3.63, 3.8) is 0 Å². The third-order valence-electron chi connectivity index (χ3n) is 7.60. The fourth-order valence-electron chi connectivity index (χ4n) is 4.99. The van der Waals surface area contributed by atoms with Crippen LogP contribution in [0.25, 0.3) is 21.5 Å². The van der Waals surface area contributed by atoms with Crippen LogP contribution in [-0.4, -0.2) is 28.7 Å². The van der Waals surface area contributed by atoms with Crippen molar-refractivity contribution in [3.8, 4) is 17.2 Å². The number of fused-ring (bicyclic) bond motifs is 2. The number of nitro groups is 2. The fraction of sp³-hybridized carbons (Fsp3) is 0.0278. The SMILES string of the molecule is C/C([O-])=C(/N=Nc1cc([N+](=O)[O-])ccc1[O-])C(=O)Nc1ccccc1.O=[N+]([O-])c1ccc2c(N=Nc3c([O-])ccc4ccccc34)c([O-])cc(S(=O)(=O)[O-])c2c1.[Cr+3].[Na+].[Na+]. The van der Waals surface area contributed by atoms with E-state index < -0.39 is 65.2 Å². The van der Waals surface area contributed by atoms with Gasteiger partial charge < -0.3 is 30.3 Å². The zero-order valence-electron chi connectivity index (χ0n) is 30.8. The summed E-state index contributed by atoms with van der Waals surface area (Å²) in [7, 11) is -5.11. The quantitative estimate of drug-likeness (QED) is 0.0361. The molecule has 1 amide bonds. The molecule has 1 N–H and O–H groups in total. The first kappa shape index (κ1) is 49.8. The summed E-state index contributed by atoms with van der Waals surface area (Å²) in [6.07, 6.45) is 0. The van der Waals surface area contributed by atoms with Crippen LogP contribution in [0.2, 0.25) is 0 Å². The normalized spacial score (nSPS) is 11.4. The largest absolute Gasteiger partial charge is 3.00 e. The molecule has 0 heterocycles. The summed E-state index contributed by atoms with van der Waals surface area (Å²) in [5.41, 5.74) is -1.66. The summed E-state index contributed by atoms with van der Waals surface area (Å²) in [6, 6.07) is 24.6. The molecule has 0 atom stereocenters. The molecule has 19 nitrogen and oxygen atoms in total. The van der Waals surface area contributed by atoms with E-state index in [1.54, 1.807) is 60.7 Å². The number of nitrogens with one attached hydrogen (secondary N) is 1. The number of hydrogen-bond acceptors (Lipinski definition) is 16. The standard InChI is InChI=1S/C20H13N3O7S.C16H14N4O5.Cr.2Na/c24-16-8-5-11-3-1-2-4-13(11)19(16)21-22-20-14-7-6-12(23(26)27)9-15(14)18(10-17(20)25)31(28,29)30;1-10(21)15(16(23)17-11-5-3-2-4-6-11)19-18-13-9-12(20(24)25)7-8-14(13)22;;;/h1-10,24-25H,(H,28,29,30);2-9,21-22H,1H3,(H,17,23);;;/q;;+3;2*+1/p-5/b;15-10-,19-18?;;;. The molecule has 0 aromatic heterocycles. The maximum Gasteiger partial charge on any atom is 3.00 e. The summed E-state index contributed by atoms with van der Waals surface area (Å²) in [4.78, 5) is 31.6. The van der Waals surface area contributed by atoms with Crippen LogP contribution in [-0.2, 0) is 32.3 Å². The number of azo groups is 2. The molecule has 0 unspecified atom stereocenters. The van der Waals surface area contributed by atoms with Crippen molar-refractivity contribution in [2.75, 3.05) is 5.32 Å². The number of carbonyl (C=O) groups excluding carboxylic acids is 1. The second-order valence-corrected chi connectivity index (χ2v) is 12.7. The third kappa shape index (κ3) is 12.4. The molecular weight excluding hydrogens is 852 g/mol. The molecular formula is C36H22CrN7Na2O12S. The van der Waals surface area contributed by atoms with Crippen molar-refractivity contribution in [1.29, 1.82) is 0 Å². The zero-order chi connectivity index (χ0) is 40.7. The van der Waals surface area contributed by atoms with Gasteiger partial charge in [-0.1, -0.05) is 84.8 Å². The van der Waals surface area contributed by atoms with E-state index in [0.717, 1.165) is 43.3 Å². The van der Waals surface area contributed by atoms with Gasteiger partial charge >= 0.3 is 76.5 Å². The van der Waals surface area contributed by atoms with Crippen LogP contribution >= 0.6 is 0 Å². The number of amides is 1. The second kappa shape index (κ2) is 21.6. The summed E-state index contributed by atoms with van der Waals surface area (Å²) < 4.78 is 34.8. The molecule has 0 fully saturated rings. The predicted octanol–water partition coefficient (Wildman–Crippen LogP) is -0.644. The molecule has 6 rings (SSSR count). The Bertz CT molecular complexity index is 2760. The number of non-ortho nitro benzene ring substituents is 2. The van der Waals surface area contributed by atoms with Gasteiger partial charge in [-0.05, 0) is 29.7 Å². The van der Waals surface area contributed by atoms with E-state index >= 15 is 0 Å². The maximum atomic E-state index is 12.5. The van der Waals surface area contributed by atoms with Crippen LogP contribution in [0.4, 0.5) is 34.1 Å². The number of rotatable bonds is 9. The Labute approximate surface area is 388 Å². The fourth-order valence-corrected chi connectivity index (χ4v) is 5.68. The van der Waals surface area contributed by atoms with E-state index in [0.29, 0.717) is 22.5 Å². The molecule has 6 aromatic carbocycles. The molecule has 0 saturated heterocycles. The topological polar surface area (TPSA) is 314 Å². The van der Waals surface area contributed by atoms with Crippen molar-refractivity contribution in [3.05, 3.63) is 141 Å². The number of benzene rings is 6. The molecule has 287 valence electrons. The Balaban J connectivity index is 0.000000396. The minimum atomic E-state index is -5.11. The number of para-hydroxylation sites is 1. The van der Waals surface area contributed by atoms with Gasteiger partial charge in [-0.25, -0.2) is 8.42 Å². The van der Waals surface area contributed by atoms with Crippen LogP contribution in [0.5, 0.6) is 17.2 Å². The van der Waals surface area contributed by atoms with E-state index in [1.165, 1.54) is 6.07 Å². The number of hydrogen-bond donors (Lipinski definition) is 1. The van der Waals surface area contributed by atoms with E-state index in [-0.39, 0.29) is 110 Å². The first-order valence-electron chi connectivity index (χ1n) is 15.6. The summed E-state index contributed by atoms with van der Waals surface area (Å²) in [5, 5.41) is 87.9. The third-order valence-corrected chi connectivity index (χ3v) is 8.48. The van der Waals surface area contributed by atoms with E-state index in [1.807, 2.05) is 0 Å². The molecule has 0 aliphatic rings. The summed E-state index contributed by atoms with van der Waals surface area (Å²) in [5.74, 6) is -3.49. The number of allylic oxidation sites excluding steroid dienone is 1. The summed E-state index contributed by atoms with van der Waals surface area (Å²) >= 11 is 0. The van der Waals surface area contributed by atoms with Crippen molar-refractivity contribution < 1.29 is 125 Å². The first-order chi connectivity index (χ1) is 26.5. The Morgan fingerprint density at radius 2 is 1.22 bits per heavy atom. The van der Waals surface area contributed by atoms with Crippen LogP contribution in [0.1, 0.15) is 6.92 Å². The average Bonchev–Trinajstić information content (AvgIpc) is 3.15. The summed E-state index contributed by atoms with van der Waals surface area (Å²) in [6.45, 7) is 1.12. The number of nitro benzene ring substituents is 2. The van der Waals surface area contributed by atoms with Crippen LogP contribution in [0, 0.1) is 20.2 Å². The molecule has 6 aromatic rings. The molecule has 0 spiro atoms. The van der Waals surface area contributed by atoms with Crippen molar-refractivity contribution in [2.24, 2.45) is 20.5 Å². The molecule has 59 heavy (non-hydrogen) atoms. The molecule has 0 aliphatic heterocycles. The van der Waals surface area contributed by atoms with Gasteiger partial charge in [-0.15, -0.1) is 10.9 Å². The Kier molecular flexibility index (Phi) is 18.3. The molecule has 0 bridgehead atoms. The van der Waals surface area contributed by atoms with E-state index in [9.17, 15) is 58.4 Å². The van der Waals surface area contributed by atoms with Gasteiger partial charge in [0.2, 0.25) is 0 Å². The van der Waals surface area contributed by atoms with Crippen molar-refractivity contribution in [2.45, 2.75) is 11.8 Å². The van der Waals surface area contributed by atoms with E-state index in [2.05, 4.69) is 25.8 Å². The first-order valence-corrected chi connectivity index (χ1v) is 17.1. The van der Waals surface area contributed by atoms with Crippen LogP contribution < -0.4 is 84.9 Å². The average molecular weight is 875 g/mol. The Morgan fingerprint density at radius 1 is 0.661 bits per heavy atom. The van der Waals surface area contributed by atoms with Gasteiger partial charge in [0.25, 0.3) is 17.3 Å². The smallest absolute Gasteiger partial charge is 0.874 e. The minimum Gasteiger partial charge on any atom is -0.874 e. The van der Waals surface area contributed by atoms with E-state index in [4.69, 9.17) is 0 Å². The number of anilines is 1. The van der Waals surface area contributed by atoms with Gasteiger partial charge in [0.05, 0.1) is 31.8 Å². The molecule has 0 saturated carbocycles. The van der Waals surface area contributed by atoms with Gasteiger partial charge in [-0.2, -0.15) is 15.3 Å². The second-order valence-electron chi connectivity index (χ2n) is 11.3. The predicted molar refractivity (Wildman–Crippen MR) is 190 cm³/mol. The Morgan fingerprint density at radius 3 is 1.83 bits per heavy atom. The maximum absolute atomic E-state index is 12.5. The van der Waals surface area contributed by atoms with Gasteiger partial charge in [0.15, 0.2) is 0 Å². The Hall–Kier alpha value is -5.31. The van der Waals surface area contributed by atoms with Crippen molar-refractivity contribution in [1.82, 2.24) is 0 Å². The van der Waals surface area contributed by atoms with Crippen molar-refractivity contribution >= 4 is 71.7 Å². The zero-order valence-corrected chi connectivity index (χ0v) is 36.9. The molecule has 0 aliphatic carbocycles. The number of nitrogens with zero attached hydrogens (tertiary/aromatic N) is 6. The monoisotopic (exact) mass is 874 g/mol. The van der Waals surface area contributed by atoms with Crippen LogP contribution in [0.3, 0.4) is 0 Å². The molecule has 23 heteroatoms. The minimum absolute atomic E-state index is 0. The van der Waals surface area contributed by atoms with Gasteiger partial charge in [0, 0.05) is 46.1 Å². The van der Waals surface area contributed by atoms with Gasteiger partial charge in [0.1, 0.15) is 15.8 Å². The number of carbonyl (C=O) groups is 1. The van der Waals surface area contributed by atoms with Gasteiger partial charge in [-0.3, -0.25) is 25.0 Å².